The molecule has 1 saturated heterocycles. The molecule has 3 aromatic carbocycles. The standard InChI is InChI=1S/C26H29FN2O3S/c1-28(2)19-21-7-3-4-8-24(21)20-11-13-22(14-12-20)32-23-15-17-29(18-16-23)33(30,31)26-10-6-5-9-25(26)27/h3-14,23H,15-19H2,1-2H3. The van der Waals surface area contributed by atoms with Gasteiger partial charge in [0.15, 0.2) is 0 Å². The highest BCUT2D eigenvalue weighted by Gasteiger charge is 2.31. The van der Waals surface area contributed by atoms with Crippen molar-refractivity contribution in [3.8, 4) is 16.9 Å². The van der Waals surface area contributed by atoms with E-state index in [0.29, 0.717) is 25.9 Å². The fourth-order valence-corrected chi connectivity index (χ4v) is 5.70. The Labute approximate surface area is 195 Å². The van der Waals surface area contributed by atoms with Gasteiger partial charge in [-0.15, -0.1) is 0 Å². The molecule has 33 heavy (non-hydrogen) atoms. The summed E-state index contributed by atoms with van der Waals surface area (Å²) in [5.74, 6) is 0.0439. The Bertz CT molecular complexity index is 1190. The number of benzene rings is 3. The number of hydrogen-bond acceptors (Lipinski definition) is 4. The van der Waals surface area contributed by atoms with Crippen LogP contribution in [0.25, 0.3) is 11.1 Å². The molecule has 0 bridgehead atoms. The van der Waals surface area contributed by atoms with Crippen LogP contribution in [0.3, 0.4) is 0 Å². The number of nitrogens with zero attached hydrogens (tertiary/aromatic N) is 2. The molecule has 0 aliphatic carbocycles. The molecule has 0 spiro atoms. The fourth-order valence-electron chi connectivity index (χ4n) is 4.17. The third kappa shape index (κ3) is 5.43. The van der Waals surface area contributed by atoms with E-state index in [1.54, 1.807) is 0 Å². The number of halogens is 1. The minimum atomic E-state index is -3.84. The predicted octanol–water partition coefficient (Wildman–Crippen LogP) is 4.79. The summed E-state index contributed by atoms with van der Waals surface area (Å²) >= 11 is 0. The summed E-state index contributed by atoms with van der Waals surface area (Å²) in [5, 5.41) is 0. The van der Waals surface area contributed by atoms with Crippen LogP contribution in [-0.2, 0) is 16.6 Å². The first kappa shape index (κ1) is 23.4. The van der Waals surface area contributed by atoms with Gasteiger partial charge in [-0.05, 0) is 67.9 Å². The highest BCUT2D eigenvalue weighted by molar-refractivity contribution is 7.89. The van der Waals surface area contributed by atoms with Crippen molar-refractivity contribution in [3.05, 3.63) is 84.2 Å². The maximum atomic E-state index is 14.0. The van der Waals surface area contributed by atoms with Crippen LogP contribution >= 0.6 is 0 Å². The lowest BCUT2D eigenvalue weighted by molar-refractivity contribution is 0.135. The highest BCUT2D eigenvalue weighted by atomic mass is 32.2. The van der Waals surface area contributed by atoms with Crippen molar-refractivity contribution in [1.82, 2.24) is 9.21 Å². The van der Waals surface area contributed by atoms with Gasteiger partial charge in [0.1, 0.15) is 22.6 Å². The first-order chi connectivity index (χ1) is 15.8. The summed E-state index contributed by atoms with van der Waals surface area (Å²) in [4.78, 5) is 1.88. The summed E-state index contributed by atoms with van der Waals surface area (Å²) in [6.07, 6.45) is 1.03. The van der Waals surface area contributed by atoms with Gasteiger partial charge in [-0.2, -0.15) is 4.31 Å². The highest BCUT2D eigenvalue weighted by Crippen LogP contribution is 2.29. The maximum Gasteiger partial charge on any atom is 0.245 e. The second-order valence-corrected chi connectivity index (χ2v) is 10.5. The van der Waals surface area contributed by atoms with Crippen LogP contribution in [0.4, 0.5) is 4.39 Å². The van der Waals surface area contributed by atoms with Crippen LogP contribution in [0.2, 0.25) is 0 Å². The lowest BCUT2D eigenvalue weighted by Crippen LogP contribution is -2.41. The fraction of sp³-hybridized carbons (Fsp3) is 0.308. The van der Waals surface area contributed by atoms with E-state index >= 15 is 0 Å². The average Bonchev–Trinajstić information content (AvgIpc) is 2.80. The zero-order valence-corrected chi connectivity index (χ0v) is 19.8. The molecule has 174 valence electrons. The maximum absolute atomic E-state index is 14.0. The van der Waals surface area contributed by atoms with Crippen LogP contribution in [0.15, 0.2) is 77.7 Å². The van der Waals surface area contributed by atoms with Crippen molar-refractivity contribution in [2.24, 2.45) is 0 Å². The Morgan fingerprint density at radius 3 is 2.24 bits per heavy atom. The van der Waals surface area contributed by atoms with Crippen LogP contribution in [0, 0.1) is 5.82 Å². The SMILES string of the molecule is CN(C)Cc1ccccc1-c1ccc(OC2CCN(S(=O)(=O)c3ccccc3F)CC2)cc1. The lowest BCUT2D eigenvalue weighted by atomic mass is 9.99. The molecule has 5 nitrogen and oxygen atoms in total. The molecule has 0 N–H and O–H groups in total. The molecule has 0 unspecified atom stereocenters. The number of hydrogen-bond donors (Lipinski definition) is 0. The molecule has 0 amide bonds. The summed E-state index contributed by atoms with van der Waals surface area (Å²) in [7, 11) is 0.274. The third-order valence-electron chi connectivity index (χ3n) is 5.83. The first-order valence-corrected chi connectivity index (χ1v) is 12.5. The van der Waals surface area contributed by atoms with Gasteiger partial charge in [0.25, 0.3) is 0 Å². The van der Waals surface area contributed by atoms with Crippen molar-refractivity contribution < 1.29 is 17.5 Å². The number of sulfonamides is 1. The van der Waals surface area contributed by atoms with E-state index in [1.807, 2.05) is 18.2 Å². The summed E-state index contributed by atoms with van der Waals surface area (Å²) in [6.45, 7) is 1.47. The van der Waals surface area contributed by atoms with E-state index in [9.17, 15) is 12.8 Å². The van der Waals surface area contributed by atoms with Crippen molar-refractivity contribution in [1.29, 1.82) is 0 Å². The Morgan fingerprint density at radius 2 is 1.58 bits per heavy atom. The van der Waals surface area contributed by atoms with Gasteiger partial charge in [0, 0.05) is 19.6 Å². The number of rotatable bonds is 7. The Morgan fingerprint density at radius 1 is 0.939 bits per heavy atom. The topological polar surface area (TPSA) is 49.9 Å². The van der Waals surface area contributed by atoms with Gasteiger partial charge < -0.3 is 9.64 Å². The molecule has 0 radical (unpaired) electrons. The Hall–Kier alpha value is -2.74. The van der Waals surface area contributed by atoms with Gasteiger partial charge in [0.05, 0.1) is 0 Å². The molecule has 1 aliphatic rings. The minimum absolute atomic E-state index is 0.0797. The average molecular weight is 469 g/mol. The zero-order valence-electron chi connectivity index (χ0n) is 18.9. The molecule has 0 atom stereocenters. The van der Waals surface area contributed by atoms with Gasteiger partial charge in [-0.25, -0.2) is 12.8 Å². The summed E-state index contributed by atoms with van der Waals surface area (Å²) in [5.41, 5.74) is 3.59. The Balaban J connectivity index is 1.39. The van der Waals surface area contributed by atoms with Gasteiger partial charge in [0.2, 0.25) is 10.0 Å². The normalized spacial score (nSPS) is 15.6. The third-order valence-corrected chi connectivity index (χ3v) is 7.76. The summed E-state index contributed by atoms with van der Waals surface area (Å²) in [6, 6.07) is 21.9. The Kier molecular flexibility index (Phi) is 7.12. The molecule has 1 heterocycles. The second-order valence-electron chi connectivity index (χ2n) is 8.57. The first-order valence-electron chi connectivity index (χ1n) is 11.1. The van der Waals surface area contributed by atoms with Crippen molar-refractivity contribution in [2.45, 2.75) is 30.4 Å². The van der Waals surface area contributed by atoms with E-state index in [-0.39, 0.29) is 11.0 Å². The molecule has 0 aromatic heterocycles. The van der Waals surface area contributed by atoms with E-state index in [1.165, 1.54) is 39.7 Å². The molecule has 4 rings (SSSR count). The van der Waals surface area contributed by atoms with E-state index in [4.69, 9.17) is 4.74 Å². The number of ether oxygens (including phenoxy) is 1. The zero-order chi connectivity index (χ0) is 23.4. The van der Waals surface area contributed by atoms with Crippen molar-refractivity contribution >= 4 is 10.0 Å². The second kappa shape index (κ2) is 10.0. The molecule has 3 aromatic rings. The van der Waals surface area contributed by atoms with Crippen LogP contribution in [0.1, 0.15) is 18.4 Å². The smallest absolute Gasteiger partial charge is 0.245 e. The van der Waals surface area contributed by atoms with Crippen LogP contribution in [0.5, 0.6) is 5.75 Å². The molecule has 1 fully saturated rings. The van der Waals surface area contributed by atoms with E-state index in [0.717, 1.165) is 17.9 Å². The van der Waals surface area contributed by atoms with Crippen LogP contribution < -0.4 is 4.74 Å². The van der Waals surface area contributed by atoms with Crippen molar-refractivity contribution in [3.63, 3.8) is 0 Å². The predicted molar refractivity (Wildman–Crippen MR) is 128 cm³/mol. The molecular weight excluding hydrogens is 439 g/mol. The molecule has 0 saturated carbocycles. The minimum Gasteiger partial charge on any atom is -0.490 e. The molecule has 1 aliphatic heterocycles. The summed E-state index contributed by atoms with van der Waals surface area (Å²) < 4.78 is 47.0. The quantitative estimate of drug-likeness (QED) is 0.501. The van der Waals surface area contributed by atoms with Gasteiger partial charge >= 0.3 is 0 Å². The van der Waals surface area contributed by atoms with Gasteiger partial charge in [-0.3, -0.25) is 0 Å². The van der Waals surface area contributed by atoms with Gasteiger partial charge in [-0.1, -0.05) is 48.5 Å². The molecular formula is C26H29FN2O3S. The number of piperidine rings is 1. The lowest BCUT2D eigenvalue weighted by Gasteiger charge is -2.31. The van der Waals surface area contributed by atoms with E-state index in [2.05, 4.69) is 49.3 Å². The van der Waals surface area contributed by atoms with Crippen LogP contribution in [-0.4, -0.2) is 50.9 Å². The molecule has 7 heteroatoms. The van der Waals surface area contributed by atoms with E-state index < -0.39 is 15.8 Å². The monoisotopic (exact) mass is 468 g/mol. The van der Waals surface area contributed by atoms with Crippen molar-refractivity contribution in [2.75, 3.05) is 27.2 Å². The largest absolute Gasteiger partial charge is 0.490 e.